The monoisotopic (exact) mass is 420 g/mol. The second-order valence-corrected chi connectivity index (χ2v) is 7.35. The van der Waals surface area contributed by atoms with E-state index >= 15 is 0 Å². The molecule has 0 aliphatic rings. The summed E-state index contributed by atoms with van der Waals surface area (Å²) in [4.78, 5) is 12.1. The van der Waals surface area contributed by atoms with E-state index in [-0.39, 0.29) is 12.5 Å². The van der Waals surface area contributed by atoms with Gasteiger partial charge >= 0.3 is 0 Å². The van der Waals surface area contributed by atoms with Gasteiger partial charge in [-0.05, 0) is 46.9 Å². The third kappa shape index (κ3) is 5.49. The Morgan fingerprint density at radius 2 is 1.16 bits per heavy atom. The fraction of sp³-hybridized carbons (Fsp3) is 0.0714. The van der Waals surface area contributed by atoms with Crippen molar-refractivity contribution in [1.82, 2.24) is 5.43 Å². The molecule has 158 valence electrons. The van der Waals surface area contributed by atoms with Gasteiger partial charge in [-0.3, -0.25) is 4.79 Å². The predicted molar refractivity (Wildman–Crippen MR) is 130 cm³/mol. The number of nitrogens with zero attached hydrogens (tertiary/aromatic N) is 1. The van der Waals surface area contributed by atoms with Crippen molar-refractivity contribution in [3.05, 3.63) is 115 Å². The van der Waals surface area contributed by atoms with Gasteiger partial charge in [-0.25, -0.2) is 5.43 Å². The Bertz CT molecular complexity index is 1180. The zero-order valence-corrected chi connectivity index (χ0v) is 17.9. The van der Waals surface area contributed by atoms with Crippen molar-refractivity contribution < 1.29 is 9.53 Å². The summed E-state index contributed by atoms with van der Waals surface area (Å²) >= 11 is 0. The summed E-state index contributed by atoms with van der Waals surface area (Å²) in [5.41, 5.74) is 8.77. The third-order valence-corrected chi connectivity index (χ3v) is 5.09. The minimum atomic E-state index is -0.308. The van der Waals surface area contributed by atoms with Gasteiger partial charge in [0.1, 0.15) is 5.75 Å². The van der Waals surface area contributed by atoms with Crippen LogP contribution >= 0.6 is 0 Å². The van der Waals surface area contributed by atoms with Crippen LogP contribution in [0.25, 0.3) is 22.3 Å². The number of hydrogen-bond donors (Lipinski definition) is 1. The fourth-order valence-corrected chi connectivity index (χ4v) is 3.30. The summed E-state index contributed by atoms with van der Waals surface area (Å²) < 4.78 is 5.58. The van der Waals surface area contributed by atoms with E-state index in [1.807, 2.05) is 91.9 Å². The van der Waals surface area contributed by atoms with Gasteiger partial charge in [0, 0.05) is 0 Å². The first-order valence-corrected chi connectivity index (χ1v) is 10.5. The zero-order chi connectivity index (χ0) is 22.2. The molecule has 0 heterocycles. The normalized spacial score (nSPS) is 11.1. The lowest BCUT2D eigenvalue weighted by atomic mass is 10.0. The lowest BCUT2D eigenvalue weighted by Crippen LogP contribution is -2.25. The lowest BCUT2D eigenvalue weighted by Gasteiger charge is -2.08. The first kappa shape index (κ1) is 21.1. The van der Waals surface area contributed by atoms with E-state index in [4.69, 9.17) is 4.74 Å². The maximum absolute atomic E-state index is 12.1. The third-order valence-electron chi connectivity index (χ3n) is 5.09. The highest BCUT2D eigenvalue weighted by atomic mass is 16.5. The van der Waals surface area contributed by atoms with E-state index < -0.39 is 0 Å². The van der Waals surface area contributed by atoms with E-state index in [0.29, 0.717) is 5.75 Å². The summed E-state index contributed by atoms with van der Waals surface area (Å²) in [7, 11) is 0. The number of rotatable bonds is 7. The maximum Gasteiger partial charge on any atom is 0.277 e. The summed E-state index contributed by atoms with van der Waals surface area (Å²) in [5, 5.41) is 4.20. The Balaban J connectivity index is 1.29. The van der Waals surface area contributed by atoms with Crippen LogP contribution in [-0.2, 0) is 4.79 Å². The molecule has 0 fully saturated rings. The maximum atomic E-state index is 12.1. The van der Waals surface area contributed by atoms with Crippen LogP contribution in [0.3, 0.4) is 0 Å². The number of hydrogen-bond acceptors (Lipinski definition) is 3. The van der Waals surface area contributed by atoms with Crippen molar-refractivity contribution in [2.24, 2.45) is 5.10 Å². The van der Waals surface area contributed by atoms with Gasteiger partial charge in [0.05, 0.1) is 5.71 Å². The van der Waals surface area contributed by atoms with Crippen molar-refractivity contribution >= 4 is 11.6 Å². The van der Waals surface area contributed by atoms with Gasteiger partial charge in [-0.15, -0.1) is 0 Å². The van der Waals surface area contributed by atoms with Crippen molar-refractivity contribution in [1.29, 1.82) is 0 Å². The zero-order valence-electron chi connectivity index (χ0n) is 17.9. The molecule has 4 aromatic rings. The molecule has 0 radical (unpaired) electrons. The minimum Gasteiger partial charge on any atom is -0.484 e. The molecule has 4 nitrogen and oxygen atoms in total. The molecule has 0 aromatic heterocycles. The van der Waals surface area contributed by atoms with Crippen LogP contribution in [-0.4, -0.2) is 18.2 Å². The smallest absolute Gasteiger partial charge is 0.277 e. The van der Waals surface area contributed by atoms with E-state index in [1.165, 1.54) is 0 Å². The number of carbonyl (C=O) groups is 1. The van der Waals surface area contributed by atoms with Crippen LogP contribution in [0.15, 0.2) is 114 Å². The summed E-state index contributed by atoms with van der Waals surface area (Å²) in [6, 6.07) is 36.1. The van der Waals surface area contributed by atoms with E-state index in [1.54, 1.807) is 0 Å². The van der Waals surface area contributed by atoms with Crippen LogP contribution < -0.4 is 10.2 Å². The molecular weight excluding hydrogens is 396 g/mol. The van der Waals surface area contributed by atoms with E-state index in [9.17, 15) is 4.79 Å². The molecule has 0 spiro atoms. The molecule has 4 heteroatoms. The summed E-state index contributed by atoms with van der Waals surface area (Å²) in [6.07, 6.45) is 0. The number of nitrogens with one attached hydrogen (secondary N) is 1. The van der Waals surface area contributed by atoms with Crippen LogP contribution in [0.4, 0.5) is 0 Å². The Kier molecular flexibility index (Phi) is 6.73. The molecule has 1 amide bonds. The molecule has 0 atom stereocenters. The quantitative estimate of drug-likeness (QED) is 0.297. The van der Waals surface area contributed by atoms with Crippen molar-refractivity contribution in [2.75, 3.05) is 6.61 Å². The van der Waals surface area contributed by atoms with Crippen molar-refractivity contribution in [3.8, 4) is 28.0 Å². The molecule has 0 aliphatic carbocycles. The number of amides is 1. The second-order valence-electron chi connectivity index (χ2n) is 7.35. The number of benzene rings is 4. The van der Waals surface area contributed by atoms with Crippen LogP contribution in [0.1, 0.15) is 12.5 Å². The Labute approximate surface area is 188 Å². The van der Waals surface area contributed by atoms with E-state index in [0.717, 1.165) is 33.5 Å². The highest BCUT2D eigenvalue weighted by Gasteiger charge is 2.05. The number of hydrazone groups is 1. The summed E-state index contributed by atoms with van der Waals surface area (Å²) in [6.45, 7) is 1.76. The minimum absolute atomic E-state index is 0.103. The molecule has 32 heavy (non-hydrogen) atoms. The molecule has 0 unspecified atom stereocenters. The highest BCUT2D eigenvalue weighted by molar-refractivity contribution is 5.99. The first-order chi connectivity index (χ1) is 15.7. The molecule has 0 saturated carbocycles. The van der Waals surface area contributed by atoms with Gasteiger partial charge < -0.3 is 4.74 Å². The van der Waals surface area contributed by atoms with Crippen molar-refractivity contribution in [3.63, 3.8) is 0 Å². The van der Waals surface area contributed by atoms with Crippen molar-refractivity contribution in [2.45, 2.75) is 6.92 Å². The van der Waals surface area contributed by atoms with Gasteiger partial charge in [0.15, 0.2) is 6.61 Å². The average molecular weight is 421 g/mol. The standard InChI is InChI=1S/C28H24N2O2/c1-21(22-12-14-25(15-13-22)23-8-4-2-5-9-23)29-30-28(31)20-32-27-18-16-26(17-19-27)24-10-6-3-7-11-24/h2-19H,20H2,1H3,(H,30,31). The summed E-state index contributed by atoms with van der Waals surface area (Å²) in [5.74, 6) is 0.328. The van der Waals surface area contributed by atoms with Gasteiger partial charge in [0.2, 0.25) is 0 Å². The van der Waals surface area contributed by atoms with Gasteiger partial charge in [0.25, 0.3) is 5.91 Å². The van der Waals surface area contributed by atoms with Crippen LogP contribution in [0.2, 0.25) is 0 Å². The molecular formula is C28H24N2O2. The highest BCUT2D eigenvalue weighted by Crippen LogP contribution is 2.22. The Morgan fingerprint density at radius 3 is 1.69 bits per heavy atom. The molecule has 0 aliphatic heterocycles. The Morgan fingerprint density at radius 1 is 0.688 bits per heavy atom. The Hall–Kier alpha value is -4.18. The largest absolute Gasteiger partial charge is 0.484 e. The van der Waals surface area contributed by atoms with Gasteiger partial charge in [-0.2, -0.15) is 5.10 Å². The van der Waals surface area contributed by atoms with Crippen LogP contribution in [0, 0.1) is 0 Å². The molecule has 0 saturated heterocycles. The van der Waals surface area contributed by atoms with Gasteiger partial charge in [-0.1, -0.05) is 97.1 Å². The first-order valence-electron chi connectivity index (χ1n) is 10.5. The fourth-order valence-electron chi connectivity index (χ4n) is 3.30. The second kappa shape index (κ2) is 10.2. The van der Waals surface area contributed by atoms with Crippen LogP contribution in [0.5, 0.6) is 5.75 Å². The lowest BCUT2D eigenvalue weighted by molar-refractivity contribution is -0.123. The number of ether oxygens (including phenoxy) is 1. The molecule has 4 rings (SSSR count). The average Bonchev–Trinajstić information content (AvgIpc) is 2.87. The SMILES string of the molecule is CC(=NNC(=O)COc1ccc(-c2ccccc2)cc1)c1ccc(-c2ccccc2)cc1. The van der Waals surface area contributed by atoms with E-state index in [2.05, 4.69) is 34.8 Å². The molecule has 1 N–H and O–H groups in total. The molecule has 0 bridgehead atoms. The molecule has 4 aromatic carbocycles. The number of carbonyl (C=O) groups excluding carboxylic acids is 1. The topological polar surface area (TPSA) is 50.7 Å². The predicted octanol–water partition coefficient (Wildman–Crippen LogP) is 5.94.